The fourth-order valence-electron chi connectivity index (χ4n) is 2.92. The summed E-state index contributed by atoms with van der Waals surface area (Å²) in [5.41, 5.74) is 1.14. The van der Waals surface area contributed by atoms with Crippen LogP contribution in [0.2, 0.25) is 0 Å². The lowest BCUT2D eigenvalue weighted by atomic mass is 10.0. The number of hydrogen-bond donors (Lipinski definition) is 1. The standard InChI is InChI=1S/C15H20N2O2/c1-17(12-6-8-16-9-7-12)15(18)14-10-11-4-2-3-5-13(11)19-14/h2-5,12,14,16H,6-10H2,1H3. The number of benzene rings is 1. The lowest BCUT2D eigenvalue weighted by Crippen LogP contribution is -2.48. The van der Waals surface area contributed by atoms with Gasteiger partial charge in [0.2, 0.25) is 0 Å². The van der Waals surface area contributed by atoms with Crippen LogP contribution in [0.5, 0.6) is 5.75 Å². The first kappa shape index (κ1) is 12.5. The summed E-state index contributed by atoms with van der Waals surface area (Å²) >= 11 is 0. The van der Waals surface area contributed by atoms with Crippen molar-refractivity contribution in [3.8, 4) is 5.75 Å². The van der Waals surface area contributed by atoms with Crippen molar-refractivity contribution in [3.63, 3.8) is 0 Å². The van der Waals surface area contributed by atoms with E-state index in [0.717, 1.165) is 37.2 Å². The number of piperidine rings is 1. The van der Waals surface area contributed by atoms with Crippen LogP contribution in [0.4, 0.5) is 0 Å². The van der Waals surface area contributed by atoms with Gasteiger partial charge >= 0.3 is 0 Å². The molecule has 0 spiro atoms. The summed E-state index contributed by atoms with van der Waals surface area (Å²) < 4.78 is 5.77. The average Bonchev–Trinajstić information content (AvgIpc) is 2.90. The van der Waals surface area contributed by atoms with Crippen LogP contribution in [-0.4, -0.2) is 43.1 Å². The summed E-state index contributed by atoms with van der Waals surface area (Å²) in [7, 11) is 1.91. The Morgan fingerprint density at radius 1 is 1.32 bits per heavy atom. The Balaban J connectivity index is 1.65. The van der Waals surface area contributed by atoms with Crippen LogP contribution in [0.3, 0.4) is 0 Å². The first-order valence-electron chi connectivity index (χ1n) is 6.97. The van der Waals surface area contributed by atoms with Crippen molar-refractivity contribution in [3.05, 3.63) is 29.8 Å². The van der Waals surface area contributed by atoms with E-state index < -0.39 is 0 Å². The number of ether oxygens (including phenoxy) is 1. The molecule has 102 valence electrons. The summed E-state index contributed by atoms with van der Waals surface area (Å²) in [6.45, 7) is 1.99. The van der Waals surface area contributed by atoms with E-state index in [1.165, 1.54) is 0 Å². The number of fused-ring (bicyclic) bond motifs is 1. The predicted octanol–water partition coefficient (Wildman–Crippen LogP) is 1.20. The number of nitrogens with zero attached hydrogens (tertiary/aromatic N) is 1. The molecule has 1 amide bonds. The largest absolute Gasteiger partial charge is 0.480 e. The van der Waals surface area contributed by atoms with Gasteiger partial charge in [-0.15, -0.1) is 0 Å². The second-order valence-corrected chi connectivity index (χ2v) is 5.35. The Morgan fingerprint density at radius 2 is 2.05 bits per heavy atom. The number of likely N-dealkylation sites (N-methyl/N-ethyl adjacent to an activating group) is 1. The number of para-hydroxylation sites is 1. The molecule has 0 aliphatic carbocycles. The molecule has 19 heavy (non-hydrogen) atoms. The van der Waals surface area contributed by atoms with Gasteiger partial charge in [0.05, 0.1) is 0 Å². The molecule has 1 atom stereocenters. The van der Waals surface area contributed by atoms with E-state index in [-0.39, 0.29) is 12.0 Å². The van der Waals surface area contributed by atoms with Gasteiger partial charge in [0.1, 0.15) is 5.75 Å². The number of hydrogen-bond acceptors (Lipinski definition) is 3. The molecule has 0 saturated carbocycles. The van der Waals surface area contributed by atoms with Crippen molar-refractivity contribution in [1.82, 2.24) is 10.2 Å². The van der Waals surface area contributed by atoms with Gasteiger partial charge < -0.3 is 15.0 Å². The van der Waals surface area contributed by atoms with Gasteiger partial charge in [-0.2, -0.15) is 0 Å². The molecule has 4 heteroatoms. The smallest absolute Gasteiger partial charge is 0.263 e. The lowest BCUT2D eigenvalue weighted by molar-refractivity contribution is -0.139. The van der Waals surface area contributed by atoms with E-state index in [4.69, 9.17) is 4.74 Å². The van der Waals surface area contributed by atoms with Gasteiger partial charge in [-0.25, -0.2) is 0 Å². The third-order valence-electron chi connectivity index (χ3n) is 4.13. The predicted molar refractivity (Wildman–Crippen MR) is 73.2 cm³/mol. The van der Waals surface area contributed by atoms with Crippen molar-refractivity contribution >= 4 is 5.91 Å². The number of carbonyl (C=O) groups excluding carboxylic acids is 1. The van der Waals surface area contributed by atoms with Gasteiger partial charge in [-0.3, -0.25) is 4.79 Å². The summed E-state index contributed by atoms with van der Waals surface area (Å²) in [6, 6.07) is 8.26. The molecule has 0 aromatic heterocycles. The van der Waals surface area contributed by atoms with Gasteiger partial charge in [0.25, 0.3) is 5.91 Å². The van der Waals surface area contributed by atoms with E-state index in [2.05, 4.69) is 5.32 Å². The van der Waals surface area contributed by atoms with E-state index in [1.54, 1.807) is 0 Å². The van der Waals surface area contributed by atoms with Crippen LogP contribution in [0.1, 0.15) is 18.4 Å². The zero-order valence-corrected chi connectivity index (χ0v) is 11.3. The maximum absolute atomic E-state index is 12.5. The molecule has 2 aliphatic heterocycles. The number of amides is 1. The minimum atomic E-state index is -0.336. The second kappa shape index (κ2) is 5.21. The van der Waals surface area contributed by atoms with Crippen LogP contribution in [0, 0.1) is 0 Å². The molecule has 2 aliphatic rings. The summed E-state index contributed by atoms with van der Waals surface area (Å²) in [5, 5.41) is 3.32. The van der Waals surface area contributed by atoms with Gasteiger partial charge in [-0.05, 0) is 37.6 Å². The lowest BCUT2D eigenvalue weighted by Gasteiger charge is -2.32. The number of nitrogens with one attached hydrogen (secondary N) is 1. The Bertz CT molecular complexity index is 444. The van der Waals surface area contributed by atoms with Crippen molar-refractivity contribution in [2.75, 3.05) is 20.1 Å². The van der Waals surface area contributed by atoms with Crippen LogP contribution in [0.15, 0.2) is 24.3 Å². The number of rotatable bonds is 2. The van der Waals surface area contributed by atoms with Crippen LogP contribution in [-0.2, 0) is 11.2 Å². The Labute approximate surface area is 113 Å². The molecule has 1 aromatic carbocycles. The van der Waals surface area contributed by atoms with Gasteiger partial charge in [-0.1, -0.05) is 18.2 Å². The highest BCUT2D eigenvalue weighted by molar-refractivity contribution is 5.82. The average molecular weight is 260 g/mol. The molecule has 1 saturated heterocycles. The molecule has 1 unspecified atom stereocenters. The van der Waals surface area contributed by atoms with Crippen molar-refractivity contribution in [1.29, 1.82) is 0 Å². The monoisotopic (exact) mass is 260 g/mol. The van der Waals surface area contributed by atoms with Crippen molar-refractivity contribution in [2.45, 2.75) is 31.4 Å². The normalized spacial score (nSPS) is 22.7. The molecule has 0 radical (unpaired) electrons. The molecule has 1 N–H and O–H groups in total. The fourth-order valence-corrected chi connectivity index (χ4v) is 2.92. The minimum Gasteiger partial charge on any atom is -0.480 e. The molecule has 2 heterocycles. The highest BCUT2D eigenvalue weighted by atomic mass is 16.5. The van der Waals surface area contributed by atoms with Gasteiger partial charge in [0.15, 0.2) is 6.10 Å². The molecular formula is C15H20N2O2. The van der Waals surface area contributed by atoms with E-state index in [9.17, 15) is 4.79 Å². The van der Waals surface area contributed by atoms with E-state index in [1.807, 2.05) is 36.2 Å². The Hall–Kier alpha value is -1.55. The van der Waals surface area contributed by atoms with Crippen LogP contribution in [0.25, 0.3) is 0 Å². The Kier molecular flexibility index (Phi) is 3.42. The number of carbonyl (C=O) groups is 1. The minimum absolute atomic E-state index is 0.114. The summed E-state index contributed by atoms with van der Waals surface area (Å²) in [6.07, 6.45) is 2.42. The maximum Gasteiger partial charge on any atom is 0.263 e. The molecule has 1 fully saturated rings. The maximum atomic E-state index is 12.5. The highest BCUT2D eigenvalue weighted by Crippen LogP contribution is 2.29. The zero-order valence-electron chi connectivity index (χ0n) is 11.3. The van der Waals surface area contributed by atoms with Crippen molar-refractivity contribution in [2.24, 2.45) is 0 Å². The highest BCUT2D eigenvalue weighted by Gasteiger charge is 2.33. The molecule has 0 bridgehead atoms. The van der Waals surface area contributed by atoms with Crippen LogP contribution < -0.4 is 10.1 Å². The second-order valence-electron chi connectivity index (χ2n) is 5.35. The first-order valence-corrected chi connectivity index (χ1v) is 6.97. The summed E-state index contributed by atoms with van der Waals surface area (Å²) in [5.74, 6) is 0.975. The topological polar surface area (TPSA) is 41.6 Å². The van der Waals surface area contributed by atoms with Crippen LogP contribution >= 0.6 is 0 Å². The quantitative estimate of drug-likeness (QED) is 0.869. The Morgan fingerprint density at radius 3 is 2.79 bits per heavy atom. The summed E-state index contributed by atoms with van der Waals surface area (Å²) in [4.78, 5) is 14.4. The SMILES string of the molecule is CN(C(=O)C1Cc2ccccc2O1)C1CCNCC1. The van der Waals surface area contributed by atoms with E-state index in [0.29, 0.717) is 12.5 Å². The molecule has 3 rings (SSSR count). The fraction of sp³-hybridized carbons (Fsp3) is 0.533. The van der Waals surface area contributed by atoms with Crippen molar-refractivity contribution < 1.29 is 9.53 Å². The molecular weight excluding hydrogens is 240 g/mol. The van der Waals surface area contributed by atoms with Gasteiger partial charge in [0, 0.05) is 19.5 Å². The third-order valence-corrected chi connectivity index (χ3v) is 4.13. The molecule has 1 aromatic rings. The zero-order chi connectivity index (χ0) is 13.2. The van der Waals surface area contributed by atoms with E-state index >= 15 is 0 Å². The first-order chi connectivity index (χ1) is 9.25. The molecule has 4 nitrogen and oxygen atoms in total. The third kappa shape index (κ3) is 2.45.